The summed E-state index contributed by atoms with van der Waals surface area (Å²) in [5.74, 6) is 0. The molecule has 104 valence electrons. The van der Waals surface area contributed by atoms with E-state index in [1.165, 1.54) is 0 Å². The Balaban J connectivity index is 2.16. The van der Waals surface area contributed by atoms with Crippen LogP contribution in [0.4, 0.5) is 0 Å². The van der Waals surface area contributed by atoms with Gasteiger partial charge >= 0.3 is 0 Å². The fourth-order valence-corrected chi connectivity index (χ4v) is 2.30. The molecule has 2 rings (SSSR count). The summed E-state index contributed by atoms with van der Waals surface area (Å²) < 4.78 is 1.82. The molecule has 1 atom stereocenters. The number of hydrogen-bond acceptors (Lipinski definition) is 3. The Hall–Kier alpha value is -2.12. The van der Waals surface area contributed by atoms with Gasteiger partial charge in [-0.2, -0.15) is 10.4 Å². The molecule has 0 aliphatic carbocycles. The second-order valence-corrected chi connectivity index (χ2v) is 5.54. The maximum atomic E-state index is 9.37. The van der Waals surface area contributed by atoms with Crippen molar-refractivity contribution < 1.29 is 0 Å². The van der Waals surface area contributed by atoms with Gasteiger partial charge < -0.3 is 0 Å². The topological polar surface area (TPSA) is 53.6 Å². The molecule has 0 radical (unpaired) electrons. The van der Waals surface area contributed by atoms with E-state index < -0.39 is 5.54 Å². The van der Waals surface area contributed by atoms with E-state index in [9.17, 15) is 5.26 Å². The van der Waals surface area contributed by atoms with Crippen molar-refractivity contribution in [3.63, 3.8) is 0 Å². The number of rotatable bonds is 5. The van der Waals surface area contributed by atoms with Crippen molar-refractivity contribution >= 4 is 0 Å². The van der Waals surface area contributed by atoms with Crippen molar-refractivity contribution in [2.45, 2.75) is 38.9 Å². The zero-order valence-corrected chi connectivity index (χ0v) is 12.2. The molecule has 1 unspecified atom stereocenters. The molecule has 0 fully saturated rings. The van der Waals surface area contributed by atoms with Gasteiger partial charge in [0.25, 0.3) is 0 Å². The number of nitrogens with one attached hydrogen (secondary N) is 1. The third-order valence-electron chi connectivity index (χ3n) is 3.07. The average molecular weight is 268 g/mol. The lowest BCUT2D eigenvalue weighted by Crippen LogP contribution is -2.48. The van der Waals surface area contributed by atoms with Crippen molar-refractivity contribution in [3.8, 4) is 17.2 Å². The van der Waals surface area contributed by atoms with E-state index in [4.69, 9.17) is 0 Å². The summed E-state index contributed by atoms with van der Waals surface area (Å²) >= 11 is 0. The maximum absolute atomic E-state index is 9.37. The van der Waals surface area contributed by atoms with Crippen molar-refractivity contribution in [2.24, 2.45) is 0 Å². The van der Waals surface area contributed by atoms with E-state index in [2.05, 4.69) is 28.6 Å². The van der Waals surface area contributed by atoms with Crippen molar-refractivity contribution in [2.75, 3.05) is 0 Å². The van der Waals surface area contributed by atoms with Crippen LogP contribution < -0.4 is 5.32 Å². The van der Waals surface area contributed by atoms with Gasteiger partial charge in [0.1, 0.15) is 5.54 Å². The molecule has 0 aliphatic rings. The van der Waals surface area contributed by atoms with E-state index in [0.29, 0.717) is 6.54 Å². The lowest BCUT2D eigenvalue weighted by molar-refractivity contribution is 0.344. The second-order valence-electron chi connectivity index (χ2n) is 5.54. The highest BCUT2D eigenvalue weighted by atomic mass is 15.3. The SMILES string of the molecule is CC(C)NC(C)(C#N)Cn1cc(-c2ccccc2)cn1. The van der Waals surface area contributed by atoms with Gasteiger partial charge in [0, 0.05) is 17.8 Å². The Morgan fingerprint density at radius 1 is 1.30 bits per heavy atom. The summed E-state index contributed by atoms with van der Waals surface area (Å²) in [7, 11) is 0. The quantitative estimate of drug-likeness (QED) is 0.907. The molecule has 1 aromatic carbocycles. The van der Waals surface area contributed by atoms with Gasteiger partial charge in [0.05, 0.1) is 18.8 Å². The Morgan fingerprint density at radius 2 is 2.00 bits per heavy atom. The molecule has 20 heavy (non-hydrogen) atoms. The average Bonchev–Trinajstić information content (AvgIpc) is 2.87. The number of nitriles is 1. The van der Waals surface area contributed by atoms with Gasteiger partial charge in [-0.1, -0.05) is 30.3 Å². The first-order valence-electron chi connectivity index (χ1n) is 6.79. The Bertz CT molecular complexity index is 594. The molecule has 1 aromatic heterocycles. The maximum Gasteiger partial charge on any atom is 0.123 e. The molecule has 1 heterocycles. The van der Waals surface area contributed by atoms with Gasteiger partial charge in [-0.25, -0.2) is 0 Å². The predicted octanol–water partition coefficient (Wildman–Crippen LogP) is 2.83. The summed E-state index contributed by atoms with van der Waals surface area (Å²) in [5, 5.41) is 17.0. The van der Waals surface area contributed by atoms with E-state index in [0.717, 1.165) is 11.1 Å². The second kappa shape index (κ2) is 5.89. The van der Waals surface area contributed by atoms with Crippen molar-refractivity contribution in [1.29, 1.82) is 5.26 Å². The molecule has 1 N–H and O–H groups in total. The summed E-state index contributed by atoms with van der Waals surface area (Å²) in [4.78, 5) is 0. The highest BCUT2D eigenvalue weighted by molar-refractivity contribution is 5.61. The smallest absolute Gasteiger partial charge is 0.123 e. The molecule has 0 bridgehead atoms. The van der Waals surface area contributed by atoms with E-state index in [-0.39, 0.29) is 6.04 Å². The Labute approximate surface area is 120 Å². The minimum atomic E-state index is -0.617. The fourth-order valence-electron chi connectivity index (χ4n) is 2.30. The van der Waals surface area contributed by atoms with Gasteiger partial charge in [-0.15, -0.1) is 0 Å². The normalized spacial score (nSPS) is 13.9. The molecule has 0 amide bonds. The largest absolute Gasteiger partial charge is 0.296 e. The third kappa shape index (κ3) is 3.46. The lowest BCUT2D eigenvalue weighted by atomic mass is 10.0. The highest BCUT2D eigenvalue weighted by Crippen LogP contribution is 2.18. The molecular formula is C16H20N4. The fraction of sp³-hybridized carbons (Fsp3) is 0.375. The van der Waals surface area contributed by atoms with Crippen molar-refractivity contribution in [3.05, 3.63) is 42.7 Å². The first-order chi connectivity index (χ1) is 9.52. The highest BCUT2D eigenvalue weighted by Gasteiger charge is 2.25. The van der Waals surface area contributed by atoms with Crippen LogP contribution in [-0.4, -0.2) is 21.4 Å². The number of nitrogens with zero attached hydrogens (tertiary/aromatic N) is 3. The van der Waals surface area contributed by atoms with Crippen LogP contribution >= 0.6 is 0 Å². The third-order valence-corrected chi connectivity index (χ3v) is 3.07. The van der Waals surface area contributed by atoms with Gasteiger partial charge in [-0.3, -0.25) is 10.00 Å². The standard InChI is InChI=1S/C16H20N4/c1-13(2)19-16(3,11-17)12-20-10-15(9-18-20)14-7-5-4-6-8-14/h4-10,13,19H,12H2,1-3H3. The molecule has 4 heteroatoms. The van der Waals surface area contributed by atoms with Crippen LogP contribution in [0.1, 0.15) is 20.8 Å². The van der Waals surface area contributed by atoms with Crippen LogP contribution in [0, 0.1) is 11.3 Å². The number of hydrogen-bond donors (Lipinski definition) is 1. The number of benzene rings is 1. The van der Waals surface area contributed by atoms with Crippen molar-refractivity contribution in [1.82, 2.24) is 15.1 Å². The van der Waals surface area contributed by atoms with Crippen LogP contribution in [0.15, 0.2) is 42.7 Å². The summed E-state index contributed by atoms with van der Waals surface area (Å²) in [6.07, 6.45) is 3.81. The van der Waals surface area contributed by atoms with Crippen LogP contribution in [0.5, 0.6) is 0 Å². The first kappa shape index (κ1) is 14.3. The molecule has 0 saturated carbocycles. The van der Waals surface area contributed by atoms with E-state index in [1.807, 2.05) is 56.0 Å². The summed E-state index contributed by atoms with van der Waals surface area (Å²) in [5.41, 5.74) is 1.58. The molecule has 0 spiro atoms. The summed E-state index contributed by atoms with van der Waals surface area (Å²) in [6, 6.07) is 12.7. The molecular weight excluding hydrogens is 248 g/mol. The van der Waals surface area contributed by atoms with E-state index in [1.54, 1.807) is 0 Å². The van der Waals surface area contributed by atoms with Gasteiger partial charge in [-0.05, 0) is 26.3 Å². The molecule has 2 aromatic rings. The van der Waals surface area contributed by atoms with Crippen LogP contribution in [0.25, 0.3) is 11.1 Å². The predicted molar refractivity (Wildman–Crippen MR) is 80.0 cm³/mol. The Kier molecular flexibility index (Phi) is 4.21. The Morgan fingerprint density at radius 3 is 2.60 bits per heavy atom. The zero-order valence-electron chi connectivity index (χ0n) is 12.2. The minimum absolute atomic E-state index is 0.254. The summed E-state index contributed by atoms with van der Waals surface area (Å²) in [6.45, 7) is 6.49. The van der Waals surface area contributed by atoms with E-state index >= 15 is 0 Å². The van der Waals surface area contributed by atoms with Crippen LogP contribution in [0.3, 0.4) is 0 Å². The monoisotopic (exact) mass is 268 g/mol. The van der Waals surface area contributed by atoms with Gasteiger partial charge in [0.15, 0.2) is 0 Å². The lowest BCUT2D eigenvalue weighted by Gasteiger charge is -2.25. The molecule has 0 saturated heterocycles. The zero-order chi connectivity index (χ0) is 14.6. The van der Waals surface area contributed by atoms with Crippen LogP contribution in [-0.2, 0) is 6.54 Å². The first-order valence-corrected chi connectivity index (χ1v) is 6.79. The number of aromatic nitrogens is 2. The van der Waals surface area contributed by atoms with Gasteiger partial charge in [0.2, 0.25) is 0 Å². The molecule has 0 aliphatic heterocycles. The van der Waals surface area contributed by atoms with Crippen LogP contribution in [0.2, 0.25) is 0 Å². The molecule has 4 nitrogen and oxygen atoms in total. The minimum Gasteiger partial charge on any atom is -0.296 e.